The minimum Gasteiger partial charge on any atom is -0.479 e. The summed E-state index contributed by atoms with van der Waals surface area (Å²) in [7, 11) is 0. The molecule has 0 spiro atoms. The van der Waals surface area contributed by atoms with E-state index in [1.54, 1.807) is 13.0 Å². The number of benzene rings is 2. The van der Waals surface area contributed by atoms with Gasteiger partial charge in [0.25, 0.3) is 0 Å². The number of carbonyl (C=O) groups excluding carboxylic acids is 1. The maximum absolute atomic E-state index is 12.1. The maximum atomic E-state index is 12.1. The van der Waals surface area contributed by atoms with Crippen molar-refractivity contribution < 1.29 is 24.2 Å². The second-order valence-corrected chi connectivity index (χ2v) is 5.80. The largest absolute Gasteiger partial charge is 0.479 e. The topological polar surface area (TPSA) is 72.8 Å². The zero-order valence-electron chi connectivity index (χ0n) is 12.6. The first-order valence-corrected chi connectivity index (χ1v) is 7.64. The van der Waals surface area contributed by atoms with Gasteiger partial charge in [-0.3, -0.25) is 0 Å². The van der Waals surface area contributed by atoms with Crippen LogP contribution in [-0.2, 0) is 4.79 Å². The molecule has 0 radical (unpaired) electrons. The molecule has 6 heteroatoms. The lowest BCUT2D eigenvalue weighted by atomic mass is 10.2. The van der Waals surface area contributed by atoms with E-state index in [1.165, 1.54) is 18.2 Å². The third-order valence-electron chi connectivity index (χ3n) is 3.02. The molecule has 120 valence electrons. The number of ether oxygens (including phenoxy) is 2. The Morgan fingerprint density at radius 2 is 1.91 bits per heavy atom. The molecule has 0 fully saturated rings. The molecule has 1 N–H and O–H groups in total. The van der Waals surface area contributed by atoms with E-state index in [9.17, 15) is 9.59 Å². The smallest absolute Gasteiger partial charge is 0.352 e. The molecule has 0 saturated heterocycles. The molecular formula is C17H15BrO5. The molecule has 0 bridgehead atoms. The Hall–Kier alpha value is -2.34. The third-order valence-corrected chi connectivity index (χ3v) is 3.64. The predicted molar refractivity (Wildman–Crippen MR) is 88.0 cm³/mol. The van der Waals surface area contributed by atoms with E-state index in [0.29, 0.717) is 10.2 Å². The van der Waals surface area contributed by atoms with Gasteiger partial charge in [0.05, 0.1) is 10.0 Å². The normalized spacial score (nSPS) is 11.6. The summed E-state index contributed by atoms with van der Waals surface area (Å²) in [6.45, 7) is 3.52. The second-order valence-electron chi connectivity index (χ2n) is 4.95. The van der Waals surface area contributed by atoms with Crippen molar-refractivity contribution in [2.75, 3.05) is 0 Å². The van der Waals surface area contributed by atoms with Crippen molar-refractivity contribution in [2.24, 2.45) is 0 Å². The molecule has 2 aromatic rings. The van der Waals surface area contributed by atoms with Crippen molar-refractivity contribution >= 4 is 27.9 Å². The fourth-order valence-electron chi connectivity index (χ4n) is 1.85. The van der Waals surface area contributed by atoms with E-state index < -0.39 is 18.0 Å². The van der Waals surface area contributed by atoms with Crippen LogP contribution in [0, 0.1) is 6.92 Å². The molecule has 0 amide bonds. The standard InChI is InChI=1S/C17H15BrO5/c1-10-4-3-5-13(8-10)22-11(2)17(21)23-15-7-6-12(16(19)20)9-14(15)18/h3-9,11H,1-2H3,(H,19,20). The average Bonchev–Trinajstić information content (AvgIpc) is 2.49. The van der Waals surface area contributed by atoms with Crippen LogP contribution >= 0.6 is 15.9 Å². The van der Waals surface area contributed by atoms with Crippen LogP contribution < -0.4 is 9.47 Å². The molecular weight excluding hydrogens is 364 g/mol. The zero-order valence-corrected chi connectivity index (χ0v) is 14.2. The van der Waals surface area contributed by atoms with Crippen molar-refractivity contribution in [1.29, 1.82) is 0 Å². The van der Waals surface area contributed by atoms with Gasteiger partial charge in [-0.1, -0.05) is 12.1 Å². The maximum Gasteiger partial charge on any atom is 0.352 e. The fraction of sp³-hybridized carbons (Fsp3) is 0.176. The monoisotopic (exact) mass is 378 g/mol. The summed E-state index contributed by atoms with van der Waals surface area (Å²) in [5.74, 6) is -0.815. The van der Waals surface area contributed by atoms with Crippen molar-refractivity contribution in [1.82, 2.24) is 0 Å². The third kappa shape index (κ3) is 4.56. The summed E-state index contributed by atoms with van der Waals surface area (Å²) >= 11 is 3.19. The highest BCUT2D eigenvalue weighted by atomic mass is 79.9. The van der Waals surface area contributed by atoms with E-state index in [2.05, 4.69) is 15.9 Å². The minimum absolute atomic E-state index is 0.0979. The lowest BCUT2D eigenvalue weighted by Crippen LogP contribution is -2.28. The lowest BCUT2D eigenvalue weighted by Gasteiger charge is -2.15. The number of rotatable bonds is 5. The van der Waals surface area contributed by atoms with Crippen molar-refractivity contribution in [2.45, 2.75) is 20.0 Å². The Bertz CT molecular complexity index is 742. The van der Waals surface area contributed by atoms with E-state index >= 15 is 0 Å². The Balaban J connectivity index is 2.05. The Labute approximate surface area is 142 Å². The summed E-state index contributed by atoms with van der Waals surface area (Å²) in [6.07, 6.45) is -0.803. The van der Waals surface area contributed by atoms with Crippen molar-refractivity contribution in [3.05, 3.63) is 58.1 Å². The molecule has 0 aliphatic rings. The molecule has 0 saturated carbocycles. The molecule has 0 aromatic heterocycles. The number of hydrogen-bond acceptors (Lipinski definition) is 4. The molecule has 0 heterocycles. The first-order valence-electron chi connectivity index (χ1n) is 6.84. The van der Waals surface area contributed by atoms with Crippen LogP contribution in [0.4, 0.5) is 0 Å². The summed E-state index contributed by atoms with van der Waals surface area (Å²) in [6, 6.07) is 11.5. The Kier molecular flexibility index (Phi) is 5.39. The first kappa shape index (κ1) is 17.0. The highest BCUT2D eigenvalue weighted by molar-refractivity contribution is 9.10. The van der Waals surface area contributed by atoms with Gasteiger partial charge in [-0.25, -0.2) is 9.59 Å². The van der Waals surface area contributed by atoms with Crippen molar-refractivity contribution in [3.8, 4) is 11.5 Å². The van der Waals surface area contributed by atoms with Crippen LogP contribution in [0.5, 0.6) is 11.5 Å². The van der Waals surface area contributed by atoms with Gasteiger partial charge in [0.2, 0.25) is 0 Å². The van der Waals surface area contributed by atoms with Gasteiger partial charge in [-0.2, -0.15) is 0 Å². The molecule has 5 nitrogen and oxygen atoms in total. The number of hydrogen-bond donors (Lipinski definition) is 1. The average molecular weight is 379 g/mol. The van der Waals surface area contributed by atoms with Gasteiger partial charge in [0.15, 0.2) is 6.10 Å². The van der Waals surface area contributed by atoms with Crippen LogP contribution in [0.2, 0.25) is 0 Å². The number of aromatic carboxylic acids is 1. The molecule has 2 rings (SSSR count). The predicted octanol–water partition coefficient (Wildman–Crippen LogP) is 3.83. The van der Waals surface area contributed by atoms with E-state index in [0.717, 1.165) is 5.56 Å². The quantitative estimate of drug-likeness (QED) is 0.632. The molecule has 1 unspecified atom stereocenters. The van der Waals surface area contributed by atoms with E-state index in [4.69, 9.17) is 14.6 Å². The van der Waals surface area contributed by atoms with Gasteiger partial charge in [0, 0.05) is 0 Å². The lowest BCUT2D eigenvalue weighted by molar-refractivity contribution is -0.141. The van der Waals surface area contributed by atoms with Gasteiger partial charge >= 0.3 is 11.9 Å². The summed E-state index contributed by atoms with van der Waals surface area (Å²) < 4.78 is 11.2. The first-order chi connectivity index (χ1) is 10.9. The second kappa shape index (κ2) is 7.28. The van der Waals surface area contributed by atoms with Gasteiger partial charge in [0.1, 0.15) is 11.5 Å². The van der Waals surface area contributed by atoms with Gasteiger partial charge < -0.3 is 14.6 Å². The highest BCUT2D eigenvalue weighted by Gasteiger charge is 2.19. The number of carboxylic acid groups (broad SMARTS) is 1. The molecule has 0 aliphatic carbocycles. The molecule has 0 aliphatic heterocycles. The summed E-state index contributed by atoms with van der Waals surface area (Å²) in [4.78, 5) is 23.0. The van der Waals surface area contributed by atoms with Crippen LogP contribution in [0.15, 0.2) is 46.9 Å². The van der Waals surface area contributed by atoms with Crippen LogP contribution in [0.1, 0.15) is 22.8 Å². The van der Waals surface area contributed by atoms with Crippen molar-refractivity contribution in [3.63, 3.8) is 0 Å². The number of halogens is 1. The van der Waals surface area contributed by atoms with Gasteiger partial charge in [-0.15, -0.1) is 0 Å². The van der Waals surface area contributed by atoms with Crippen LogP contribution in [-0.4, -0.2) is 23.1 Å². The number of carboxylic acids is 1. The number of aryl methyl sites for hydroxylation is 1. The van der Waals surface area contributed by atoms with Crippen LogP contribution in [0.25, 0.3) is 0 Å². The minimum atomic E-state index is -1.06. The highest BCUT2D eigenvalue weighted by Crippen LogP contribution is 2.26. The molecule has 23 heavy (non-hydrogen) atoms. The number of carbonyl (C=O) groups is 2. The number of esters is 1. The summed E-state index contributed by atoms with van der Waals surface area (Å²) in [5, 5.41) is 8.91. The van der Waals surface area contributed by atoms with Crippen LogP contribution in [0.3, 0.4) is 0 Å². The molecule has 1 atom stereocenters. The SMILES string of the molecule is Cc1cccc(OC(C)C(=O)Oc2ccc(C(=O)O)cc2Br)c1. The zero-order chi connectivity index (χ0) is 17.0. The molecule has 2 aromatic carbocycles. The van der Waals surface area contributed by atoms with Gasteiger partial charge in [-0.05, 0) is 65.7 Å². The fourth-order valence-corrected chi connectivity index (χ4v) is 2.31. The Morgan fingerprint density at radius 1 is 1.17 bits per heavy atom. The van der Waals surface area contributed by atoms with E-state index in [1.807, 2.05) is 25.1 Å². The summed E-state index contributed by atoms with van der Waals surface area (Å²) in [5.41, 5.74) is 1.12. The Morgan fingerprint density at radius 3 is 2.52 bits per heavy atom. The van der Waals surface area contributed by atoms with E-state index in [-0.39, 0.29) is 11.3 Å².